The van der Waals surface area contributed by atoms with Crippen LogP contribution in [0.2, 0.25) is 0 Å². The Labute approximate surface area is 117 Å². The molecule has 0 aliphatic rings. The topological polar surface area (TPSA) is 142 Å². The molecule has 108 valence electrons. The van der Waals surface area contributed by atoms with Crippen molar-refractivity contribution in [2.75, 3.05) is 4.72 Å². The molecule has 2 rings (SSSR count). The molecule has 0 saturated heterocycles. The average molecular weight is 311 g/mol. The van der Waals surface area contributed by atoms with Crippen LogP contribution in [0.5, 0.6) is 0 Å². The predicted octanol–water partition coefficient (Wildman–Crippen LogP) is 1.13. The third-order valence-corrected chi connectivity index (χ3v) is 3.80. The van der Waals surface area contributed by atoms with Crippen molar-refractivity contribution in [2.24, 2.45) is 0 Å². The van der Waals surface area contributed by atoms with E-state index >= 15 is 0 Å². The van der Waals surface area contributed by atoms with Crippen molar-refractivity contribution in [3.63, 3.8) is 0 Å². The minimum absolute atomic E-state index is 0.0941. The first-order valence-electron chi connectivity index (χ1n) is 5.25. The van der Waals surface area contributed by atoms with Crippen LogP contribution in [0.25, 0.3) is 0 Å². The summed E-state index contributed by atoms with van der Waals surface area (Å²) < 4.78 is 39.2. The maximum atomic E-state index is 13.0. The van der Waals surface area contributed by atoms with Gasteiger partial charge in [0.25, 0.3) is 15.7 Å². The fourth-order valence-electron chi connectivity index (χ4n) is 1.50. The van der Waals surface area contributed by atoms with E-state index in [0.29, 0.717) is 6.07 Å². The smallest absolute Gasteiger partial charge is 0.262 e. The Morgan fingerprint density at radius 3 is 2.81 bits per heavy atom. The van der Waals surface area contributed by atoms with Crippen molar-refractivity contribution in [1.82, 2.24) is 10.2 Å². The van der Waals surface area contributed by atoms with Crippen molar-refractivity contribution >= 4 is 21.5 Å². The number of aromatic nitrogens is 2. The van der Waals surface area contributed by atoms with E-state index in [-0.39, 0.29) is 11.4 Å². The second-order valence-electron chi connectivity index (χ2n) is 3.75. The van der Waals surface area contributed by atoms with Gasteiger partial charge >= 0.3 is 0 Å². The lowest BCUT2D eigenvalue weighted by atomic mass is 10.3. The molecular formula is C10H6FN5O4S. The highest BCUT2D eigenvalue weighted by Crippen LogP contribution is 2.26. The van der Waals surface area contributed by atoms with Crippen LogP contribution < -0.4 is 4.72 Å². The zero-order chi connectivity index (χ0) is 15.6. The molecule has 11 heteroatoms. The number of hydrogen-bond acceptors (Lipinski definition) is 6. The zero-order valence-electron chi connectivity index (χ0n) is 10.1. The molecule has 0 unspecified atom stereocenters. The van der Waals surface area contributed by atoms with E-state index in [1.807, 2.05) is 4.72 Å². The molecule has 1 heterocycles. The monoisotopic (exact) mass is 311 g/mol. The molecule has 9 nitrogen and oxygen atoms in total. The fraction of sp³-hybridized carbons (Fsp3) is 0. The number of nitriles is 1. The summed E-state index contributed by atoms with van der Waals surface area (Å²) in [6.45, 7) is 0. The molecule has 21 heavy (non-hydrogen) atoms. The van der Waals surface area contributed by atoms with Gasteiger partial charge in [0, 0.05) is 0 Å². The standard InChI is InChI=1S/C10H6FN5O4S/c11-7-1-2-9(8(3-7)16(17)18)21(19,20)15-10-6(4-12)5-13-14-10/h1-3,5H,(H2,13,14,15). The summed E-state index contributed by atoms with van der Waals surface area (Å²) in [6.07, 6.45) is 1.08. The van der Waals surface area contributed by atoms with Gasteiger partial charge in [-0.25, -0.2) is 12.8 Å². The number of nitro groups is 1. The molecule has 0 fully saturated rings. The van der Waals surface area contributed by atoms with Crippen LogP contribution in [-0.2, 0) is 10.0 Å². The Morgan fingerprint density at radius 2 is 2.19 bits per heavy atom. The summed E-state index contributed by atoms with van der Waals surface area (Å²) in [7, 11) is -4.39. The first kappa shape index (κ1) is 14.4. The second-order valence-corrected chi connectivity index (χ2v) is 5.40. The number of nitrogens with zero attached hydrogens (tertiary/aromatic N) is 3. The number of rotatable bonds is 4. The number of nitro benzene ring substituents is 1. The predicted molar refractivity (Wildman–Crippen MR) is 67.2 cm³/mol. The number of H-pyrrole nitrogens is 1. The number of hydrogen-bond donors (Lipinski definition) is 2. The molecule has 0 bridgehead atoms. The Bertz CT molecular complexity index is 855. The molecule has 1 aromatic heterocycles. The maximum Gasteiger partial charge on any atom is 0.292 e. The average Bonchev–Trinajstić information content (AvgIpc) is 2.84. The lowest BCUT2D eigenvalue weighted by Gasteiger charge is -2.07. The van der Waals surface area contributed by atoms with Gasteiger partial charge in [0.1, 0.15) is 17.4 Å². The normalized spacial score (nSPS) is 10.9. The second kappa shape index (κ2) is 5.17. The van der Waals surface area contributed by atoms with E-state index < -0.39 is 31.3 Å². The molecule has 0 spiro atoms. The van der Waals surface area contributed by atoms with Crippen molar-refractivity contribution in [3.05, 3.63) is 45.9 Å². The summed E-state index contributed by atoms with van der Waals surface area (Å²) in [6, 6.07) is 3.71. The minimum Gasteiger partial charge on any atom is -0.262 e. The minimum atomic E-state index is -4.39. The van der Waals surface area contributed by atoms with E-state index in [4.69, 9.17) is 5.26 Å². The number of sulfonamides is 1. The maximum absolute atomic E-state index is 13.0. The van der Waals surface area contributed by atoms with E-state index in [0.717, 1.165) is 18.3 Å². The molecule has 0 amide bonds. The molecule has 2 N–H and O–H groups in total. The highest BCUT2D eigenvalue weighted by molar-refractivity contribution is 7.92. The van der Waals surface area contributed by atoms with E-state index in [2.05, 4.69) is 10.2 Å². The van der Waals surface area contributed by atoms with E-state index in [1.165, 1.54) is 0 Å². The molecular weight excluding hydrogens is 305 g/mol. The van der Waals surface area contributed by atoms with Gasteiger partial charge in [-0.05, 0) is 12.1 Å². The van der Waals surface area contributed by atoms with Crippen LogP contribution in [0.4, 0.5) is 15.9 Å². The molecule has 0 aliphatic carbocycles. The summed E-state index contributed by atoms with van der Waals surface area (Å²) in [4.78, 5) is 9.07. The summed E-state index contributed by atoms with van der Waals surface area (Å²) in [5.74, 6) is -1.18. The van der Waals surface area contributed by atoms with Crippen LogP contribution >= 0.6 is 0 Å². The molecule has 2 aromatic rings. The fourth-order valence-corrected chi connectivity index (χ4v) is 2.69. The van der Waals surface area contributed by atoms with Crippen molar-refractivity contribution in [2.45, 2.75) is 4.90 Å². The largest absolute Gasteiger partial charge is 0.292 e. The number of halogens is 1. The highest BCUT2D eigenvalue weighted by atomic mass is 32.2. The third kappa shape index (κ3) is 2.79. The van der Waals surface area contributed by atoms with Crippen LogP contribution in [0.1, 0.15) is 5.56 Å². The van der Waals surface area contributed by atoms with Gasteiger partial charge in [-0.15, -0.1) is 0 Å². The van der Waals surface area contributed by atoms with Gasteiger partial charge in [0.2, 0.25) is 0 Å². The molecule has 0 atom stereocenters. The van der Waals surface area contributed by atoms with Gasteiger partial charge in [0.05, 0.1) is 17.2 Å². The molecule has 1 aromatic carbocycles. The molecule has 0 saturated carbocycles. The number of anilines is 1. The van der Waals surface area contributed by atoms with Gasteiger partial charge in [-0.3, -0.25) is 19.9 Å². The first-order valence-corrected chi connectivity index (χ1v) is 6.73. The third-order valence-electron chi connectivity index (χ3n) is 2.40. The van der Waals surface area contributed by atoms with Crippen LogP contribution in [0.3, 0.4) is 0 Å². The van der Waals surface area contributed by atoms with Crippen molar-refractivity contribution in [3.8, 4) is 6.07 Å². The zero-order valence-corrected chi connectivity index (χ0v) is 10.9. The Kier molecular flexibility index (Phi) is 3.55. The highest BCUT2D eigenvalue weighted by Gasteiger charge is 2.27. The van der Waals surface area contributed by atoms with Crippen LogP contribution in [0.15, 0.2) is 29.3 Å². The quantitative estimate of drug-likeness (QED) is 0.640. The summed E-state index contributed by atoms with van der Waals surface area (Å²) in [5, 5.41) is 25.3. The first-order chi connectivity index (χ1) is 9.85. The Hall–Kier alpha value is -3.00. The summed E-state index contributed by atoms with van der Waals surface area (Å²) >= 11 is 0. The van der Waals surface area contributed by atoms with Crippen LogP contribution in [0, 0.1) is 27.3 Å². The Balaban J connectivity index is 2.51. The van der Waals surface area contributed by atoms with Crippen LogP contribution in [-0.4, -0.2) is 23.5 Å². The molecule has 0 aliphatic heterocycles. The number of nitrogens with one attached hydrogen (secondary N) is 2. The van der Waals surface area contributed by atoms with Crippen molar-refractivity contribution < 1.29 is 17.7 Å². The van der Waals surface area contributed by atoms with Gasteiger partial charge in [-0.2, -0.15) is 10.4 Å². The van der Waals surface area contributed by atoms with E-state index in [9.17, 15) is 22.9 Å². The lowest BCUT2D eigenvalue weighted by Crippen LogP contribution is -2.15. The lowest BCUT2D eigenvalue weighted by molar-refractivity contribution is -0.388. The number of benzene rings is 1. The number of aromatic amines is 1. The molecule has 0 radical (unpaired) electrons. The van der Waals surface area contributed by atoms with Gasteiger partial charge in [-0.1, -0.05) is 0 Å². The SMILES string of the molecule is N#Cc1cn[nH]c1NS(=O)(=O)c1ccc(F)cc1[N+](=O)[O-]. The van der Waals surface area contributed by atoms with Gasteiger partial charge < -0.3 is 0 Å². The Morgan fingerprint density at radius 1 is 1.48 bits per heavy atom. The van der Waals surface area contributed by atoms with E-state index in [1.54, 1.807) is 6.07 Å². The summed E-state index contributed by atoms with van der Waals surface area (Å²) in [5.41, 5.74) is -1.01. The van der Waals surface area contributed by atoms with Gasteiger partial charge in [0.15, 0.2) is 10.7 Å². The van der Waals surface area contributed by atoms with Crippen molar-refractivity contribution in [1.29, 1.82) is 5.26 Å².